The van der Waals surface area contributed by atoms with Crippen LogP contribution in [0.1, 0.15) is 19.8 Å². The number of fused-ring (bicyclic) bond motifs is 1. The maximum Gasteiger partial charge on any atom is 0.329 e. The quantitative estimate of drug-likeness (QED) is 0.876. The van der Waals surface area contributed by atoms with Crippen LogP contribution in [0.15, 0.2) is 35.1 Å². The van der Waals surface area contributed by atoms with E-state index in [9.17, 15) is 14.7 Å². The van der Waals surface area contributed by atoms with E-state index >= 15 is 0 Å². The summed E-state index contributed by atoms with van der Waals surface area (Å²) < 4.78 is 0. The van der Waals surface area contributed by atoms with Crippen LogP contribution in [0.25, 0.3) is 10.8 Å². The normalized spacial score (nSPS) is 22.4. The molecule has 104 valence electrons. The van der Waals surface area contributed by atoms with Crippen LogP contribution in [0.2, 0.25) is 0 Å². The highest BCUT2D eigenvalue weighted by atomic mass is 16.4. The molecule has 5 heteroatoms. The maximum absolute atomic E-state index is 12.1. The Hall–Kier alpha value is -2.30. The molecule has 1 saturated heterocycles. The van der Waals surface area contributed by atoms with E-state index in [1.807, 2.05) is 24.3 Å². The number of carboxylic acids is 1. The third-order valence-corrected chi connectivity index (χ3v) is 4.13. The van der Waals surface area contributed by atoms with Gasteiger partial charge in [-0.05, 0) is 37.3 Å². The van der Waals surface area contributed by atoms with Gasteiger partial charge in [-0.15, -0.1) is 0 Å². The van der Waals surface area contributed by atoms with Crippen molar-refractivity contribution in [3.05, 3.63) is 40.7 Å². The lowest BCUT2D eigenvalue weighted by molar-refractivity contribution is -0.142. The average molecular weight is 272 g/mol. The van der Waals surface area contributed by atoms with Crippen molar-refractivity contribution in [3.63, 3.8) is 0 Å². The monoisotopic (exact) mass is 272 g/mol. The number of H-pyrrole nitrogens is 1. The van der Waals surface area contributed by atoms with Gasteiger partial charge in [0.05, 0.1) is 0 Å². The first-order valence-corrected chi connectivity index (χ1v) is 6.65. The summed E-state index contributed by atoms with van der Waals surface area (Å²) in [5.41, 5.74) is -1.14. The highest BCUT2D eigenvalue weighted by molar-refractivity contribution is 5.87. The lowest BCUT2D eigenvalue weighted by atomic mass is 9.99. The van der Waals surface area contributed by atoms with Gasteiger partial charge in [-0.25, -0.2) is 4.79 Å². The second kappa shape index (κ2) is 4.37. The van der Waals surface area contributed by atoms with Gasteiger partial charge in [0, 0.05) is 11.9 Å². The highest BCUT2D eigenvalue weighted by Gasteiger charge is 2.43. The summed E-state index contributed by atoms with van der Waals surface area (Å²) in [7, 11) is 0. The van der Waals surface area contributed by atoms with Crippen LogP contribution >= 0.6 is 0 Å². The van der Waals surface area contributed by atoms with Crippen molar-refractivity contribution in [2.75, 3.05) is 11.4 Å². The third kappa shape index (κ3) is 1.78. The van der Waals surface area contributed by atoms with Crippen LogP contribution < -0.4 is 10.5 Å². The van der Waals surface area contributed by atoms with Crippen molar-refractivity contribution in [1.82, 2.24) is 4.98 Å². The Morgan fingerprint density at radius 1 is 1.40 bits per heavy atom. The van der Waals surface area contributed by atoms with Crippen molar-refractivity contribution in [2.24, 2.45) is 0 Å². The van der Waals surface area contributed by atoms with Crippen LogP contribution in [0.5, 0.6) is 0 Å². The third-order valence-electron chi connectivity index (χ3n) is 4.13. The number of carbonyl (C=O) groups is 1. The average Bonchev–Trinajstić information content (AvgIpc) is 2.82. The summed E-state index contributed by atoms with van der Waals surface area (Å²) >= 11 is 0. The second-order valence-electron chi connectivity index (χ2n) is 5.41. The minimum atomic E-state index is -0.953. The lowest BCUT2D eigenvalue weighted by Crippen LogP contribution is -2.48. The Morgan fingerprint density at radius 3 is 2.90 bits per heavy atom. The van der Waals surface area contributed by atoms with Gasteiger partial charge >= 0.3 is 5.97 Å². The Kier molecular flexibility index (Phi) is 2.78. The van der Waals surface area contributed by atoms with E-state index in [1.165, 1.54) is 0 Å². The number of aromatic nitrogens is 1. The molecule has 2 heterocycles. The molecule has 0 spiro atoms. The van der Waals surface area contributed by atoms with E-state index in [2.05, 4.69) is 4.98 Å². The minimum absolute atomic E-state index is 0.183. The van der Waals surface area contributed by atoms with Crippen molar-refractivity contribution in [2.45, 2.75) is 25.3 Å². The van der Waals surface area contributed by atoms with Gasteiger partial charge in [-0.1, -0.05) is 18.2 Å². The number of carboxylic acid groups (broad SMARTS) is 1. The van der Waals surface area contributed by atoms with Crippen molar-refractivity contribution >= 4 is 22.6 Å². The zero-order valence-corrected chi connectivity index (χ0v) is 11.2. The van der Waals surface area contributed by atoms with Crippen LogP contribution in [0.3, 0.4) is 0 Å². The molecule has 0 bridgehead atoms. The fourth-order valence-electron chi connectivity index (χ4n) is 2.91. The van der Waals surface area contributed by atoms with E-state index in [4.69, 9.17) is 0 Å². The SMILES string of the molecule is CC1(C(=O)O)CCCN1c1cc2ccccc2c(=O)[nH]1. The molecule has 2 aromatic rings. The molecule has 1 aliphatic rings. The number of rotatable bonds is 2. The van der Waals surface area contributed by atoms with Gasteiger partial charge in [-0.3, -0.25) is 4.79 Å². The predicted molar refractivity (Wildman–Crippen MR) is 77.2 cm³/mol. The first-order valence-electron chi connectivity index (χ1n) is 6.65. The maximum atomic E-state index is 12.1. The van der Waals surface area contributed by atoms with Crippen LogP contribution in [-0.4, -0.2) is 28.1 Å². The number of benzene rings is 1. The molecule has 0 saturated carbocycles. The smallest absolute Gasteiger partial charge is 0.329 e. The van der Waals surface area contributed by atoms with Crippen molar-refractivity contribution < 1.29 is 9.90 Å². The molecule has 1 fully saturated rings. The van der Waals surface area contributed by atoms with Gasteiger partial charge in [-0.2, -0.15) is 0 Å². The summed E-state index contributed by atoms with van der Waals surface area (Å²) in [6, 6.07) is 9.16. The first kappa shape index (κ1) is 12.7. The Balaban J connectivity index is 2.15. The number of anilines is 1. The minimum Gasteiger partial charge on any atom is -0.480 e. The summed E-state index contributed by atoms with van der Waals surface area (Å²) in [6.45, 7) is 2.34. The number of nitrogens with zero attached hydrogens (tertiary/aromatic N) is 1. The van der Waals surface area contributed by atoms with Gasteiger partial charge in [0.25, 0.3) is 5.56 Å². The molecule has 1 aliphatic heterocycles. The standard InChI is InChI=1S/C15H16N2O3/c1-15(14(19)20)7-4-8-17(15)12-9-10-5-2-3-6-11(10)13(18)16-12/h2-3,5-6,9H,4,7-8H2,1H3,(H,16,18)(H,19,20). The van der Waals surface area contributed by atoms with E-state index in [-0.39, 0.29) is 5.56 Å². The summed E-state index contributed by atoms with van der Waals surface area (Å²) in [5, 5.41) is 10.9. The van der Waals surface area contributed by atoms with Crippen LogP contribution in [-0.2, 0) is 4.79 Å². The summed E-state index contributed by atoms with van der Waals surface area (Å²) in [5.74, 6) is -0.278. The van der Waals surface area contributed by atoms with Crippen LogP contribution in [0.4, 0.5) is 5.82 Å². The topological polar surface area (TPSA) is 73.4 Å². The fourth-order valence-corrected chi connectivity index (χ4v) is 2.91. The van der Waals surface area contributed by atoms with E-state index in [1.54, 1.807) is 17.9 Å². The van der Waals surface area contributed by atoms with Gasteiger partial charge in [0.2, 0.25) is 0 Å². The number of nitrogens with one attached hydrogen (secondary N) is 1. The van der Waals surface area contributed by atoms with Crippen molar-refractivity contribution in [1.29, 1.82) is 0 Å². The predicted octanol–water partition coefficient (Wildman–Crippen LogP) is 1.97. The molecule has 5 nitrogen and oxygen atoms in total. The summed E-state index contributed by atoms with van der Waals surface area (Å²) in [6.07, 6.45) is 1.38. The molecule has 0 aliphatic carbocycles. The molecular weight excluding hydrogens is 256 g/mol. The van der Waals surface area contributed by atoms with Gasteiger partial charge in [0.15, 0.2) is 0 Å². The summed E-state index contributed by atoms with van der Waals surface area (Å²) in [4.78, 5) is 28.2. The Labute approximate surface area is 115 Å². The molecule has 1 atom stereocenters. The number of pyridine rings is 1. The number of aromatic amines is 1. The number of hydrogen-bond donors (Lipinski definition) is 2. The molecule has 2 N–H and O–H groups in total. The number of hydrogen-bond acceptors (Lipinski definition) is 3. The van der Waals surface area contributed by atoms with Crippen LogP contribution in [0, 0.1) is 0 Å². The zero-order chi connectivity index (χ0) is 14.3. The van der Waals surface area contributed by atoms with Gasteiger partial charge in [0.1, 0.15) is 11.4 Å². The molecule has 0 amide bonds. The largest absolute Gasteiger partial charge is 0.480 e. The highest BCUT2D eigenvalue weighted by Crippen LogP contribution is 2.33. The first-order chi connectivity index (χ1) is 9.52. The fraction of sp³-hybridized carbons (Fsp3) is 0.333. The molecular formula is C15H16N2O3. The molecule has 1 aromatic carbocycles. The molecule has 3 rings (SSSR count). The lowest BCUT2D eigenvalue weighted by Gasteiger charge is -2.32. The molecule has 0 radical (unpaired) electrons. The Morgan fingerprint density at radius 2 is 2.15 bits per heavy atom. The van der Waals surface area contributed by atoms with Gasteiger partial charge < -0.3 is 15.0 Å². The van der Waals surface area contributed by atoms with E-state index in [0.29, 0.717) is 24.2 Å². The molecule has 20 heavy (non-hydrogen) atoms. The molecule has 1 aromatic heterocycles. The van der Waals surface area contributed by atoms with Crippen molar-refractivity contribution in [3.8, 4) is 0 Å². The molecule has 1 unspecified atom stereocenters. The van der Waals surface area contributed by atoms with E-state index < -0.39 is 11.5 Å². The Bertz CT molecular complexity index is 737. The zero-order valence-electron chi connectivity index (χ0n) is 11.2. The van der Waals surface area contributed by atoms with E-state index in [0.717, 1.165) is 11.8 Å². The number of aliphatic carboxylic acids is 1. The second-order valence-corrected chi connectivity index (χ2v) is 5.41.